The van der Waals surface area contributed by atoms with E-state index in [4.69, 9.17) is 5.11 Å². The predicted octanol–water partition coefficient (Wildman–Crippen LogP) is 2.04. The number of carboxylic acid groups (broad SMARTS) is 1. The van der Waals surface area contributed by atoms with Crippen LogP contribution in [0.2, 0.25) is 0 Å². The topological polar surface area (TPSA) is 37.3 Å². The van der Waals surface area contributed by atoms with E-state index in [0.717, 1.165) is 5.33 Å². The molecule has 0 aliphatic heterocycles. The van der Waals surface area contributed by atoms with Crippen LogP contribution in [0.15, 0.2) is 0 Å². The van der Waals surface area contributed by atoms with E-state index in [1.54, 1.807) is 0 Å². The molecule has 1 atom stereocenters. The second-order valence-electron chi connectivity index (χ2n) is 1.28. The fourth-order valence-electron chi connectivity index (χ4n) is 0.219. The van der Waals surface area contributed by atoms with E-state index in [9.17, 15) is 4.79 Å². The molecule has 0 aromatic rings. The van der Waals surface area contributed by atoms with Crippen LogP contribution < -0.4 is 0 Å². The molecular weight excluding hydrogens is 275 g/mol. The monoisotopic (exact) mass is 280 g/mol. The van der Waals surface area contributed by atoms with Gasteiger partial charge in [-0.25, -0.2) is 0 Å². The summed E-state index contributed by atoms with van der Waals surface area (Å²) in [7, 11) is 0. The predicted molar refractivity (Wildman–Crippen MR) is 46.0 cm³/mol. The van der Waals surface area contributed by atoms with Gasteiger partial charge in [-0.15, -0.1) is 12.4 Å². The lowest BCUT2D eigenvalue weighted by Crippen LogP contribution is -2.12. The number of hydrogen-bond donors (Lipinski definition) is 1. The first-order valence-corrected chi connectivity index (χ1v) is 4.15. The van der Waals surface area contributed by atoms with Crippen molar-refractivity contribution in [3.63, 3.8) is 0 Å². The molecule has 0 aliphatic carbocycles. The van der Waals surface area contributed by atoms with Crippen LogP contribution in [0.3, 0.4) is 0 Å². The maximum absolute atomic E-state index is 10.0. The molecule has 0 radical (unpaired) electrons. The highest BCUT2D eigenvalue weighted by Gasteiger charge is 2.10. The van der Waals surface area contributed by atoms with Crippen molar-refractivity contribution in [3.05, 3.63) is 0 Å². The molecule has 5 heteroatoms. The number of alkyl halides is 2. The Labute approximate surface area is 76.7 Å². The lowest BCUT2D eigenvalue weighted by atomic mass is 10.3. The summed E-state index contributed by atoms with van der Waals surface area (Å²) in [5.74, 6) is -0.801. The summed E-state index contributed by atoms with van der Waals surface area (Å²) < 4.78 is 0. The van der Waals surface area contributed by atoms with Gasteiger partial charge in [-0.2, -0.15) is 0 Å². The van der Waals surface area contributed by atoms with Gasteiger partial charge >= 0.3 is 5.97 Å². The molecule has 0 heterocycles. The number of rotatable bonds is 3. The van der Waals surface area contributed by atoms with Crippen LogP contribution in [0.4, 0.5) is 0 Å². The number of carbonyl (C=O) groups is 1. The average molecular weight is 282 g/mol. The second kappa shape index (κ2) is 6.83. The smallest absolute Gasteiger partial charge is 0.317 e. The molecule has 9 heavy (non-hydrogen) atoms. The van der Waals surface area contributed by atoms with E-state index in [0.29, 0.717) is 6.42 Å². The first-order valence-electron chi connectivity index (χ1n) is 2.11. The van der Waals surface area contributed by atoms with Crippen LogP contribution in [0.1, 0.15) is 6.42 Å². The molecule has 56 valence electrons. The third-order valence-electron chi connectivity index (χ3n) is 0.631. The van der Waals surface area contributed by atoms with Gasteiger partial charge in [0.15, 0.2) is 0 Å². The number of carboxylic acids is 1. The van der Waals surface area contributed by atoms with Gasteiger partial charge in [0.1, 0.15) is 4.83 Å². The zero-order chi connectivity index (χ0) is 6.57. The largest absolute Gasteiger partial charge is 0.480 e. The minimum absolute atomic E-state index is 0. The van der Waals surface area contributed by atoms with Crippen molar-refractivity contribution in [2.45, 2.75) is 11.2 Å². The molecule has 0 aromatic heterocycles. The maximum Gasteiger partial charge on any atom is 0.317 e. The molecule has 0 aliphatic rings. The van der Waals surface area contributed by atoms with Crippen molar-refractivity contribution >= 4 is 50.2 Å². The molecule has 2 nitrogen and oxygen atoms in total. The highest BCUT2D eigenvalue weighted by molar-refractivity contribution is 9.10. The van der Waals surface area contributed by atoms with E-state index in [2.05, 4.69) is 31.9 Å². The molecule has 0 saturated heterocycles. The minimum atomic E-state index is -0.801. The SMILES string of the molecule is Cl.O=C(O)C(Br)CCBr. The summed E-state index contributed by atoms with van der Waals surface area (Å²) in [6.07, 6.45) is 0.620. The quantitative estimate of drug-likeness (QED) is 0.804. The molecular formula is C4H7Br2ClO2. The number of hydrogen-bond acceptors (Lipinski definition) is 1. The summed E-state index contributed by atoms with van der Waals surface area (Å²) in [5.41, 5.74) is 0. The zero-order valence-electron chi connectivity index (χ0n) is 4.51. The van der Waals surface area contributed by atoms with Crippen molar-refractivity contribution in [3.8, 4) is 0 Å². The van der Waals surface area contributed by atoms with E-state index in [1.807, 2.05) is 0 Å². The number of aliphatic carboxylic acids is 1. The minimum Gasteiger partial charge on any atom is -0.480 e. The molecule has 0 fully saturated rings. The molecule has 0 bridgehead atoms. The van der Waals surface area contributed by atoms with Gasteiger partial charge in [0.05, 0.1) is 0 Å². The van der Waals surface area contributed by atoms with Crippen LogP contribution in [0.25, 0.3) is 0 Å². The Balaban J connectivity index is 0. The average Bonchev–Trinajstić information content (AvgIpc) is 1.67. The summed E-state index contributed by atoms with van der Waals surface area (Å²) in [6.45, 7) is 0. The summed E-state index contributed by atoms with van der Waals surface area (Å²) in [4.78, 5) is 9.62. The molecule has 0 amide bonds. The Morgan fingerprint density at radius 1 is 1.67 bits per heavy atom. The Morgan fingerprint density at radius 2 is 2.11 bits per heavy atom. The fraction of sp³-hybridized carbons (Fsp3) is 0.750. The van der Waals surface area contributed by atoms with Crippen LogP contribution in [0.5, 0.6) is 0 Å². The van der Waals surface area contributed by atoms with Crippen molar-refractivity contribution in [1.29, 1.82) is 0 Å². The van der Waals surface area contributed by atoms with Gasteiger partial charge in [-0.05, 0) is 6.42 Å². The van der Waals surface area contributed by atoms with E-state index < -0.39 is 10.8 Å². The molecule has 0 rings (SSSR count). The molecule has 1 N–H and O–H groups in total. The van der Waals surface area contributed by atoms with Crippen LogP contribution in [0, 0.1) is 0 Å². The molecule has 0 aromatic carbocycles. The Bertz CT molecular complexity index is 88.6. The van der Waals surface area contributed by atoms with Crippen LogP contribution >= 0.6 is 44.3 Å². The van der Waals surface area contributed by atoms with Gasteiger partial charge in [0.25, 0.3) is 0 Å². The third kappa shape index (κ3) is 6.61. The van der Waals surface area contributed by atoms with Gasteiger partial charge in [0.2, 0.25) is 0 Å². The number of halogens is 3. The second-order valence-corrected chi connectivity index (χ2v) is 3.18. The highest BCUT2D eigenvalue weighted by atomic mass is 79.9. The zero-order valence-corrected chi connectivity index (χ0v) is 8.50. The van der Waals surface area contributed by atoms with Gasteiger partial charge in [0, 0.05) is 5.33 Å². The molecule has 1 unspecified atom stereocenters. The summed E-state index contributed by atoms with van der Waals surface area (Å²) in [6, 6.07) is 0. The Hall–Kier alpha value is 0.720. The molecule has 0 spiro atoms. The molecule has 0 saturated carbocycles. The van der Waals surface area contributed by atoms with Crippen molar-refractivity contribution in [2.75, 3.05) is 5.33 Å². The summed E-state index contributed by atoms with van der Waals surface area (Å²) in [5, 5.41) is 8.96. The van der Waals surface area contributed by atoms with E-state index in [1.165, 1.54) is 0 Å². The van der Waals surface area contributed by atoms with Crippen LogP contribution in [-0.4, -0.2) is 21.2 Å². The highest BCUT2D eigenvalue weighted by Crippen LogP contribution is 2.05. The van der Waals surface area contributed by atoms with Gasteiger partial charge in [-0.3, -0.25) is 4.79 Å². The van der Waals surface area contributed by atoms with Crippen molar-refractivity contribution in [2.24, 2.45) is 0 Å². The van der Waals surface area contributed by atoms with E-state index in [-0.39, 0.29) is 12.4 Å². The van der Waals surface area contributed by atoms with Gasteiger partial charge in [-0.1, -0.05) is 31.9 Å². The van der Waals surface area contributed by atoms with Crippen LogP contribution in [-0.2, 0) is 4.79 Å². The lowest BCUT2D eigenvalue weighted by molar-refractivity contribution is -0.136. The van der Waals surface area contributed by atoms with Crippen molar-refractivity contribution < 1.29 is 9.90 Å². The maximum atomic E-state index is 10.0. The summed E-state index contributed by atoms with van der Waals surface area (Å²) >= 11 is 6.10. The normalized spacial score (nSPS) is 11.8. The Kier molecular flexibility index (Phi) is 9.42. The first-order chi connectivity index (χ1) is 3.68. The van der Waals surface area contributed by atoms with Crippen molar-refractivity contribution in [1.82, 2.24) is 0 Å². The fourth-order valence-corrected chi connectivity index (χ4v) is 1.52. The first kappa shape index (κ1) is 12.4. The third-order valence-corrected chi connectivity index (χ3v) is 1.94. The lowest BCUT2D eigenvalue weighted by Gasteiger charge is -1.97. The standard InChI is InChI=1S/C4H6Br2O2.ClH/c5-2-1-3(6)4(7)8;/h3H,1-2H2,(H,7,8);1H. The van der Waals surface area contributed by atoms with Gasteiger partial charge < -0.3 is 5.11 Å². The Morgan fingerprint density at radius 3 is 2.22 bits per heavy atom. The van der Waals surface area contributed by atoms with E-state index >= 15 is 0 Å².